The van der Waals surface area contributed by atoms with E-state index < -0.39 is 43.2 Å². The Kier molecular flexibility index (Phi) is 17.3. The minimum atomic E-state index is -4.16. The first-order valence-electron chi connectivity index (χ1n) is 17.2. The third-order valence-electron chi connectivity index (χ3n) is 7.89. The summed E-state index contributed by atoms with van der Waals surface area (Å²) in [6.07, 6.45) is 4.94. The van der Waals surface area contributed by atoms with E-state index >= 15 is 0 Å². The van der Waals surface area contributed by atoms with Gasteiger partial charge in [-0.25, -0.2) is 9.36 Å². The van der Waals surface area contributed by atoms with Gasteiger partial charge in [0.05, 0.1) is 0 Å². The summed E-state index contributed by atoms with van der Waals surface area (Å²) >= 11 is 3.14. The zero-order valence-corrected chi connectivity index (χ0v) is 33.2. The molecule has 0 unspecified atom stereocenters. The number of amides is 3. The Morgan fingerprint density at radius 3 is 1.84 bits per heavy atom. The van der Waals surface area contributed by atoms with Crippen molar-refractivity contribution in [1.82, 2.24) is 15.5 Å². The molecule has 2 N–H and O–H groups in total. The van der Waals surface area contributed by atoms with E-state index in [2.05, 4.69) is 10.6 Å². The predicted molar refractivity (Wildman–Crippen MR) is 207 cm³/mol. The third-order valence-corrected chi connectivity index (χ3v) is 11.7. The lowest BCUT2D eigenvalue weighted by Crippen LogP contribution is -2.55. The van der Waals surface area contributed by atoms with Crippen LogP contribution in [0.25, 0.3) is 0 Å². The lowest BCUT2D eigenvalue weighted by atomic mass is 10.0. The van der Waals surface area contributed by atoms with Crippen molar-refractivity contribution in [1.29, 1.82) is 0 Å². The van der Waals surface area contributed by atoms with Crippen LogP contribution in [0, 0.1) is 11.8 Å². The number of carbonyl (C=O) groups is 3. The molecule has 0 aromatic heterocycles. The van der Waals surface area contributed by atoms with Gasteiger partial charge in [0.25, 0.3) is 0 Å². The number of alkyl carbamates (subject to hydrolysis) is 1. The van der Waals surface area contributed by atoms with E-state index in [-0.39, 0.29) is 19.1 Å². The van der Waals surface area contributed by atoms with E-state index in [9.17, 15) is 18.9 Å². The molecule has 51 heavy (non-hydrogen) atoms. The van der Waals surface area contributed by atoms with Crippen LogP contribution in [0.1, 0.15) is 59.4 Å². The fourth-order valence-electron chi connectivity index (χ4n) is 5.18. The summed E-state index contributed by atoms with van der Waals surface area (Å²) in [6.45, 7) is 9.60. The van der Waals surface area contributed by atoms with Crippen LogP contribution in [0.5, 0.6) is 11.5 Å². The molecule has 0 saturated heterocycles. The number of benzene rings is 3. The monoisotopic (exact) mass is 757 g/mol. The SMILES string of the molecule is CCCCN(C(=O)CNC(=O)OCc1ccccc1)[C@@H](CC(C)C)C(=O)N[C@H](C(C)C)P(=O)(Oc1ccc(SC)cc1)Oc1ccc(SC)cc1. The van der Waals surface area contributed by atoms with Gasteiger partial charge in [0.15, 0.2) is 5.78 Å². The van der Waals surface area contributed by atoms with E-state index in [1.165, 1.54) is 4.90 Å². The first-order valence-corrected chi connectivity index (χ1v) is 21.3. The van der Waals surface area contributed by atoms with E-state index in [0.29, 0.717) is 30.9 Å². The summed E-state index contributed by atoms with van der Waals surface area (Å²) in [5.74, 6) is -1.68. The Labute approximate surface area is 311 Å². The van der Waals surface area contributed by atoms with Crippen LogP contribution in [0.15, 0.2) is 88.7 Å². The number of hydrogen-bond acceptors (Lipinski definition) is 9. The molecular weight excluding hydrogens is 706 g/mol. The van der Waals surface area contributed by atoms with Gasteiger partial charge in [-0.2, -0.15) is 0 Å². The van der Waals surface area contributed by atoms with Gasteiger partial charge < -0.3 is 29.3 Å². The summed E-state index contributed by atoms with van der Waals surface area (Å²) in [5.41, 5.74) is 0.816. The molecule has 3 aromatic carbocycles. The number of ether oxygens (including phenoxy) is 1. The number of thioether (sulfide) groups is 2. The molecule has 0 heterocycles. The van der Waals surface area contributed by atoms with Crippen molar-refractivity contribution in [3.63, 3.8) is 0 Å². The smallest absolute Gasteiger partial charge is 0.445 e. The molecule has 0 aliphatic rings. The fraction of sp³-hybridized carbons (Fsp3) is 0.447. The van der Waals surface area contributed by atoms with Crippen LogP contribution < -0.4 is 19.7 Å². The molecule has 0 bridgehead atoms. The molecule has 278 valence electrons. The van der Waals surface area contributed by atoms with E-state index in [1.54, 1.807) is 47.8 Å². The van der Waals surface area contributed by atoms with Gasteiger partial charge in [-0.1, -0.05) is 71.4 Å². The highest BCUT2D eigenvalue weighted by Gasteiger charge is 2.44. The van der Waals surface area contributed by atoms with E-state index in [0.717, 1.165) is 21.8 Å². The molecular formula is C38H52N3O7PS2. The molecule has 3 aromatic rings. The highest BCUT2D eigenvalue weighted by Crippen LogP contribution is 2.54. The van der Waals surface area contributed by atoms with Crippen molar-refractivity contribution in [2.75, 3.05) is 25.6 Å². The van der Waals surface area contributed by atoms with Gasteiger partial charge in [0, 0.05) is 16.3 Å². The Morgan fingerprint density at radius 2 is 1.37 bits per heavy atom. The van der Waals surface area contributed by atoms with Crippen LogP contribution in [0.3, 0.4) is 0 Å². The van der Waals surface area contributed by atoms with Gasteiger partial charge in [0.1, 0.15) is 30.7 Å². The second-order valence-corrected chi connectivity index (χ2v) is 16.5. The van der Waals surface area contributed by atoms with Gasteiger partial charge >= 0.3 is 13.7 Å². The van der Waals surface area contributed by atoms with E-state index in [1.807, 2.05) is 102 Å². The summed E-state index contributed by atoms with van der Waals surface area (Å²) in [7, 11) is -4.16. The van der Waals surface area contributed by atoms with Crippen LogP contribution in [-0.4, -0.2) is 60.2 Å². The fourth-order valence-corrected chi connectivity index (χ4v) is 8.11. The van der Waals surface area contributed by atoms with Gasteiger partial charge in [-0.05, 0) is 91.3 Å². The van der Waals surface area contributed by atoms with Crippen molar-refractivity contribution < 1.29 is 32.7 Å². The normalized spacial score (nSPS) is 12.6. The zero-order valence-electron chi connectivity index (χ0n) is 30.6. The molecule has 13 heteroatoms. The Balaban J connectivity index is 1.89. The van der Waals surface area contributed by atoms with Gasteiger partial charge in [-0.3, -0.25) is 9.59 Å². The second-order valence-electron chi connectivity index (χ2n) is 12.8. The largest absolute Gasteiger partial charge is 0.453 e. The van der Waals surface area contributed by atoms with Crippen LogP contribution >= 0.6 is 31.1 Å². The maximum absolute atomic E-state index is 15.0. The molecule has 0 fully saturated rings. The molecule has 3 amide bonds. The van der Waals surface area contributed by atoms with Crippen molar-refractivity contribution in [2.24, 2.45) is 11.8 Å². The summed E-state index contributed by atoms with van der Waals surface area (Å²) in [6, 6.07) is 22.7. The molecule has 0 spiro atoms. The summed E-state index contributed by atoms with van der Waals surface area (Å²) in [5, 5.41) is 5.54. The number of nitrogens with zero attached hydrogens (tertiary/aromatic N) is 1. The quantitative estimate of drug-likeness (QED) is 0.0860. The van der Waals surface area contributed by atoms with Crippen molar-refractivity contribution >= 4 is 49.0 Å². The highest BCUT2D eigenvalue weighted by atomic mass is 32.2. The Morgan fingerprint density at radius 1 is 0.824 bits per heavy atom. The number of unbranched alkanes of at least 4 members (excludes halogenated alkanes) is 1. The molecule has 0 aliphatic heterocycles. The first kappa shape index (κ1) is 41.8. The van der Waals surface area contributed by atoms with Crippen molar-refractivity contribution in [2.45, 2.75) is 82.1 Å². The highest BCUT2D eigenvalue weighted by molar-refractivity contribution is 7.98. The lowest BCUT2D eigenvalue weighted by Gasteiger charge is -2.35. The van der Waals surface area contributed by atoms with Crippen molar-refractivity contribution in [3.8, 4) is 11.5 Å². The summed E-state index contributed by atoms with van der Waals surface area (Å²) < 4.78 is 32.7. The molecule has 0 radical (unpaired) electrons. The number of hydrogen-bond donors (Lipinski definition) is 2. The lowest BCUT2D eigenvalue weighted by molar-refractivity contribution is -0.140. The zero-order chi connectivity index (χ0) is 37.4. The third kappa shape index (κ3) is 13.5. The molecule has 3 rings (SSSR count). The van der Waals surface area contributed by atoms with Gasteiger partial charge in [-0.15, -0.1) is 23.5 Å². The van der Waals surface area contributed by atoms with Crippen LogP contribution in [0.4, 0.5) is 4.79 Å². The average Bonchev–Trinajstić information content (AvgIpc) is 3.12. The number of rotatable bonds is 20. The minimum absolute atomic E-state index is 0.0307. The predicted octanol–water partition coefficient (Wildman–Crippen LogP) is 8.85. The summed E-state index contributed by atoms with van der Waals surface area (Å²) in [4.78, 5) is 44.1. The molecule has 0 saturated carbocycles. The first-order chi connectivity index (χ1) is 24.4. The number of carbonyl (C=O) groups excluding carboxylic acids is 3. The molecule has 0 aliphatic carbocycles. The maximum Gasteiger partial charge on any atom is 0.453 e. The van der Waals surface area contributed by atoms with Crippen LogP contribution in [-0.2, 0) is 25.5 Å². The Bertz CT molecular complexity index is 1520. The molecule has 10 nitrogen and oxygen atoms in total. The minimum Gasteiger partial charge on any atom is -0.445 e. The van der Waals surface area contributed by atoms with Crippen molar-refractivity contribution in [3.05, 3.63) is 84.4 Å². The second kappa shape index (κ2) is 21.1. The van der Waals surface area contributed by atoms with E-state index in [4.69, 9.17) is 13.8 Å². The number of nitrogens with one attached hydrogen (secondary N) is 2. The van der Waals surface area contributed by atoms with Crippen LogP contribution in [0.2, 0.25) is 0 Å². The topological polar surface area (TPSA) is 123 Å². The Hall–Kier alpha value is -3.60. The maximum atomic E-state index is 15.0. The average molecular weight is 758 g/mol. The van der Waals surface area contributed by atoms with Gasteiger partial charge in [0.2, 0.25) is 11.8 Å². The molecule has 2 atom stereocenters. The standard InChI is InChI=1S/C38H52N3O7PS2/c1-8-9-23-41(35(42)25-39-38(44)46-26-29-13-11-10-12-14-29)34(24-27(2)3)36(43)40-37(28(4)5)49(45,47-30-15-19-32(50-6)20-16-30)48-31-17-21-33(51-7)22-18-31/h10-22,27-28,34,37H,8-9,23-26H2,1-7H3,(H,39,44)(H,40,43)/t34-,37-/m0/s1.